The number of phenols is 1. The van der Waals surface area contributed by atoms with E-state index in [1.54, 1.807) is 0 Å². The molecular formula is C12H19ClINO. The van der Waals surface area contributed by atoms with E-state index in [-0.39, 0.29) is 12.4 Å². The van der Waals surface area contributed by atoms with Crippen LogP contribution in [0.4, 0.5) is 0 Å². The number of halogens is 2. The highest BCUT2D eigenvalue weighted by Crippen LogP contribution is 2.30. The van der Waals surface area contributed by atoms with Crippen LogP contribution in [0.3, 0.4) is 0 Å². The van der Waals surface area contributed by atoms with Gasteiger partial charge in [0.15, 0.2) is 0 Å². The summed E-state index contributed by atoms with van der Waals surface area (Å²) in [6.07, 6.45) is 2.35. The van der Waals surface area contributed by atoms with Crippen LogP contribution >= 0.6 is 35.0 Å². The van der Waals surface area contributed by atoms with Gasteiger partial charge in [0.2, 0.25) is 0 Å². The maximum absolute atomic E-state index is 9.75. The molecule has 0 spiro atoms. The van der Waals surface area contributed by atoms with Gasteiger partial charge in [-0.3, -0.25) is 0 Å². The Balaban J connectivity index is 0.00000225. The molecule has 0 aliphatic heterocycles. The molecule has 0 aliphatic rings. The maximum atomic E-state index is 9.75. The molecule has 1 aromatic carbocycles. The topological polar surface area (TPSA) is 46.2 Å². The fourth-order valence-corrected chi connectivity index (χ4v) is 2.43. The second kappa shape index (κ2) is 7.35. The van der Waals surface area contributed by atoms with Gasteiger partial charge in [-0.05, 0) is 46.6 Å². The summed E-state index contributed by atoms with van der Waals surface area (Å²) in [4.78, 5) is 0. The van der Waals surface area contributed by atoms with Crippen LogP contribution in [0.1, 0.15) is 43.7 Å². The molecule has 92 valence electrons. The first kappa shape index (κ1) is 16.0. The van der Waals surface area contributed by atoms with Gasteiger partial charge in [-0.25, -0.2) is 0 Å². The van der Waals surface area contributed by atoms with E-state index in [9.17, 15) is 5.11 Å². The molecule has 0 heterocycles. The second-order valence-electron chi connectivity index (χ2n) is 3.90. The second-order valence-corrected chi connectivity index (χ2v) is 5.07. The zero-order valence-electron chi connectivity index (χ0n) is 9.66. The Morgan fingerprint density at radius 3 is 2.56 bits per heavy atom. The van der Waals surface area contributed by atoms with Crippen LogP contribution in [0.5, 0.6) is 5.75 Å². The molecule has 1 atom stereocenters. The summed E-state index contributed by atoms with van der Waals surface area (Å²) in [6.45, 7) is 4.80. The van der Waals surface area contributed by atoms with Crippen molar-refractivity contribution in [2.75, 3.05) is 0 Å². The van der Waals surface area contributed by atoms with E-state index in [0.29, 0.717) is 18.2 Å². The highest BCUT2D eigenvalue weighted by atomic mass is 127. The van der Waals surface area contributed by atoms with Crippen molar-refractivity contribution in [2.45, 2.75) is 39.2 Å². The normalized spacial score (nSPS) is 12.0. The molecule has 0 amide bonds. The standard InChI is InChI=1S/C12H18INO.ClH/c1-3-4-8(2)9-5-10(7-14)12(15)11(13)6-9;/h5-6,8,15H,3-4,7,14H2,1-2H3;1H. The first-order chi connectivity index (χ1) is 7.10. The minimum absolute atomic E-state index is 0. The predicted molar refractivity (Wildman–Crippen MR) is 79.3 cm³/mol. The van der Waals surface area contributed by atoms with Crippen molar-refractivity contribution in [2.24, 2.45) is 5.73 Å². The Morgan fingerprint density at radius 1 is 1.44 bits per heavy atom. The summed E-state index contributed by atoms with van der Waals surface area (Å²) in [5, 5.41) is 9.75. The molecule has 4 heteroatoms. The summed E-state index contributed by atoms with van der Waals surface area (Å²) in [7, 11) is 0. The van der Waals surface area contributed by atoms with Crippen LogP contribution in [0.2, 0.25) is 0 Å². The number of nitrogens with two attached hydrogens (primary N) is 1. The van der Waals surface area contributed by atoms with E-state index in [2.05, 4.69) is 42.5 Å². The molecule has 1 rings (SSSR count). The maximum Gasteiger partial charge on any atom is 0.133 e. The average Bonchev–Trinajstić information content (AvgIpc) is 2.22. The Labute approximate surface area is 117 Å². The summed E-state index contributed by atoms with van der Waals surface area (Å²) >= 11 is 2.16. The zero-order chi connectivity index (χ0) is 11.4. The van der Waals surface area contributed by atoms with Crippen LogP contribution in [0.15, 0.2) is 12.1 Å². The van der Waals surface area contributed by atoms with Crippen LogP contribution in [-0.2, 0) is 6.54 Å². The van der Waals surface area contributed by atoms with Crippen molar-refractivity contribution < 1.29 is 5.11 Å². The van der Waals surface area contributed by atoms with E-state index in [4.69, 9.17) is 5.73 Å². The lowest BCUT2D eigenvalue weighted by Gasteiger charge is -2.14. The number of benzene rings is 1. The fraction of sp³-hybridized carbons (Fsp3) is 0.500. The van der Waals surface area contributed by atoms with Gasteiger partial charge in [-0.1, -0.05) is 26.3 Å². The molecular weight excluding hydrogens is 336 g/mol. The van der Waals surface area contributed by atoms with Crippen LogP contribution in [0.25, 0.3) is 0 Å². The van der Waals surface area contributed by atoms with Crippen molar-refractivity contribution >= 4 is 35.0 Å². The Hall–Kier alpha value is -0.0000000000000000555. The number of rotatable bonds is 4. The molecule has 1 unspecified atom stereocenters. The van der Waals surface area contributed by atoms with Crippen molar-refractivity contribution in [1.82, 2.24) is 0 Å². The monoisotopic (exact) mass is 355 g/mol. The molecule has 0 saturated carbocycles. The van der Waals surface area contributed by atoms with Gasteiger partial charge in [0.1, 0.15) is 5.75 Å². The summed E-state index contributed by atoms with van der Waals surface area (Å²) in [5.41, 5.74) is 7.72. The SMILES string of the molecule is CCCC(C)c1cc(I)c(O)c(CN)c1.Cl. The molecule has 16 heavy (non-hydrogen) atoms. The largest absolute Gasteiger partial charge is 0.507 e. The zero-order valence-corrected chi connectivity index (χ0v) is 12.6. The molecule has 1 aromatic rings. The number of hydrogen-bond acceptors (Lipinski definition) is 2. The molecule has 0 aliphatic carbocycles. The van der Waals surface area contributed by atoms with Crippen LogP contribution in [-0.4, -0.2) is 5.11 Å². The van der Waals surface area contributed by atoms with Gasteiger partial charge in [-0.15, -0.1) is 12.4 Å². The van der Waals surface area contributed by atoms with Crippen molar-refractivity contribution in [3.8, 4) is 5.75 Å². The third-order valence-electron chi connectivity index (χ3n) is 2.68. The molecule has 0 bridgehead atoms. The van der Waals surface area contributed by atoms with Gasteiger partial charge in [0.25, 0.3) is 0 Å². The lowest BCUT2D eigenvalue weighted by molar-refractivity contribution is 0.463. The van der Waals surface area contributed by atoms with E-state index < -0.39 is 0 Å². The van der Waals surface area contributed by atoms with Gasteiger partial charge >= 0.3 is 0 Å². The molecule has 0 aromatic heterocycles. The Bertz CT molecular complexity index is 344. The minimum Gasteiger partial charge on any atom is -0.507 e. The molecule has 3 N–H and O–H groups in total. The summed E-state index contributed by atoms with van der Waals surface area (Å²) in [5.74, 6) is 0.875. The number of hydrogen-bond donors (Lipinski definition) is 2. The van der Waals surface area contributed by atoms with Gasteiger partial charge < -0.3 is 10.8 Å². The predicted octanol–water partition coefficient (Wildman–Crippen LogP) is 3.78. The summed E-state index contributed by atoms with van der Waals surface area (Å²) < 4.78 is 0.897. The van der Waals surface area contributed by atoms with Gasteiger partial charge in [0, 0.05) is 12.1 Å². The van der Waals surface area contributed by atoms with E-state index in [1.807, 2.05) is 6.07 Å². The number of phenolic OH excluding ortho intramolecular Hbond substituents is 1. The van der Waals surface area contributed by atoms with E-state index >= 15 is 0 Å². The van der Waals surface area contributed by atoms with Crippen molar-refractivity contribution in [3.05, 3.63) is 26.8 Å². The first-order valence-electron chi connectivity index (χ1n) is 5.31. The van der Waals surface area contributed by atoms with Gasteiger partial charge in [0.05, 0.1) is 3.57 Å². The number of aromatic hydroxyl groups is 1. The van der Waals surface area contributed by atoms with Crippen LogP contribution < -0.4 is 5.73 Å². The first-order valence-corrected chi connectivity index (χ1v) is 6.39. The lowest BCUT2D eigenvalue weighted by Crippen LogP contribution is -2.01. The third kappa shape index (κ3) is 3.79. The fourth-order valence-electron chi connectivity index (χ4n) is 1.72. The third-order valence-corrected chi connectivity index (χ3v) is 3.50. The molecule has 2 nitrogen and oxygen atoms in total. The van der Waals surface area contributed by atoms with Crippen LogP contribution in [0, 0.1) is 3.57 Å². The highest BCUT2D eigenvalue weighted by molar-refractivity contribution is 14.1. The average molecular weight is 356 g/mol. The Kier molecular flexibility index (Phi) is 7.35. The molecule has 0 radical (unpaired) electrons. The molecule has 0 saturated heterocycles. The lowest BCUT2D eigenvalue weighted by atomic mass is 9.95. The quantitative estimate of drug-likeness (QED) is 0.807. The van der Waals surface area contributed by atoms with E-state index in [0.717, 1.165) is 9.13 Å². The van der Waals surface area contributed by atoms with Crippen molar-refractivity contribution in [1.29, 1.82) is 0 Å². The van der Waals surface area contributed by atoms with Crippen molar-refractivity contribution in [3.63, 3.8) is 0 Å². The highest BCUT2D eigenvalue weighted by Gasteiger charge is 2.10. The smallest absolute Gasteiger partial charge is 0.133 e. The minimum atomic E-state index is 0. The van der Waals surface area contributed by atoms with E-state index in [1.165, 1.54) is 18.4 Å². The summed E-state index contributed by atoms with van der Waals surface area (Å²) in [6, 6.07) is 4.08. The Morgan fingerprint density at radius 2 is 2.06 bits per heavy atom. The molecule has 0 fully saturated rings. The van der Waals surface area contributed by atoms with Gasteiger partial charge in [-0.2, -0.15) is 0 Å².